The van der Waals surface area contributed by atoms with E-state index in [1.165, 1.54) is 0 Å². The van der Waals surface area contributed by atoms with Gasteiger partial charge in [-0.2, -0.15) is 5.10 Å². The summed E-state index contributed by atoms with van der Waals surface area (Å²) in [5, 5.41) is 4.72. The van der Waals surface area contributed by atoms with Gasteiger partial charge in [0, 0.05) is 12.1 Å². The minimum atomic E-state index is 0.384. The van der Waals surface area contributed by atoms with Crippen molar-refractivity contribution in [3.05, 3.63) is 41.2 Å². The van der Waals surface area contributed by atoms with Crippen LogP contribution in [0.2, 0.25) is 5.15 Å². The normalized spacial score (nSPS) is 10.4. The minimum absolute atomic E-state index is 0.384. The second kappa shape index (κ2) is 4.55. The zero-order valence-electron chi connectivity index (χ0n) is 8.85. The van der Waals surface area contributed by atoms with Crippen LogP contribution in [-0.4, -0.2) is 16.9 Å². The summed E-state index contributed by atoms with van der Waals surface area (Å²) in [6, 6.07) is 7.49. The maximum atomic E-state index is 6.12. The van der Waals surface area contributed by atoms with Crippen molar-refractivity contribution in [3.63, 3.8) is 0 Å². The molecule has 1 aromatic heterocycles. The van der Waals surface area contributed by atoms with Crippen LogP contribution in [0.3, 0.4) is 0 Å². The SMILES string of the molecule is COc1ccc(-n2ncc(CN)c2Cl)cc1. The zero-order chi connectivity index (χ0) is 11.5. The van der Waals surface area contributed by atoms with Crippen molar-refractivity contribution in [1.29, 1.82) is 0 Å². The van der Waals surface area contributed by atoms with Gasteiger partial charge in [-0.05, 0) is 24.3 Å². The molecular formula is C11H12ClN3O. The number of nitrogens with zero attached hydrogens (tertiary/aromatic N) is 2. The van der Waals surface area contributed by atoms with Crippen LogP contribution in [0, 0.1) is 0 Å². The average Bonchev–Trinajstić information content (AvgIpc) is 2.70. The highest BCUT2D eigenvalue weighted by Gasteiger charge is 2.08. The van der Waals surface area contributed by atoms with Crippen LogP contribution < -0.4 is 10.5 Å². The van der Waals surface area contributed by atoms with Crippen LogP contribution in [0.4, 0.5) is 0 Å². The van der Waals surface area contributed by atoms with Crippen LogP contribution in [0.15, 0.2) is 30.5 Å². The number of ether oxygens (including phenoxy) is 1. The van der Waals surface area contributed by atoms with Crippen LogP contribution in [-0.2, 0) is 6.54 Å². The molecular weight excluding hydrogens is 226 g/mol. The summed E-state index contributed by atoms with van der Waals surface area (Å²) in [4.78, 5) is 0. The first-order valence-corrected chi connectivity index (χ1v) is 5.21. The van der Waals surface area contributed by atoms with Crippen LogP contribution >= 0.6 is 11.6 Å². The highest BCUT2D eigenvalue weighted by atomic mass is 35.5. The Labute approximate surface area is 98.6 Å². The van der Waals surface area contributed by atoms with E-state index in [1.807, 2.05) is 24.3 Å². The molecule has 0 amide bonds. The van der Waals surface area contributed by atoms with Gasteiger partial charge in [-0.25, -0.2) is 4.68 Å². The molecule has 0 saturated heterocycles. The lowest BCUT2D eigenvalue weighted by Gasteiger charge is -2.04. The first kappa shape index (κ1) is 11.0. The summed E-state index contributed by atoms with van der Waals surface area (Å²) in [6.45, 7) is 0.384. The lowest BCUT2D eigenvalue weighted by Crippen LogP contribution is -1.98. The number of methoxy groups -OCH3 is 1. The van der Waals surface area contributed by atoms with Gasteiger partial charge >= 0.3 is 0 Å². The summed E-state index contributed by atoms with van der Waals surface area (Å²) in [5.74, 6) is 0.797. The maximum Gasteiger partial charge on any atom is 0.137 e. The summed E-state index contributed by atoms with van der Waals surface area (Å²) >= 11 is 6.12. The Hall–Kier alpha value is -1.52. The molecule has 16 heavy (non-hydrogen) atoms. The molecule has 2 rings (SSSR count). The number of nitrogens with two attached hydrogens (primary N) is 1. The number of benzene rings is 1. The lowest BCUT2D eigenvalue weighted by molar-refractivity contribution is 0.414. The van der Waals surface area contributed by atoms with Crippen molar-refractivity contribution in [2.75, 3.05) is 7.11 Å². The molecule has 0 unspecified atom stereocenters. The lowest BCUT2D eigenvalue weighted by atomic mass is 10.3. The van der Waals surface area contributed by atoms with Crippen molar-refractivity contribution >= 4 is 11.6 Å². The summed E-state index contributed by atoms with van der Waals surface area (Å²) < 4.78 is 6.72. The van der Waals surface area contributed by atoms with Gasteiger partial charge in [0.05, 0.1) is 19.0 Å². The molecule has 0 fully saturated rings. The number of halogens is 1. The van der Waals surface area contributed by atoms with E-state index in [2.05, 4.69) is 5.10 Å². The number of rotatable bonds is 3. The molecule has 0 saturated carbocycles. The van der Waals surface area contributed by atoms with Gasteiger partial charge in [-0.1, -0.05) is 11.6 Å². The molecule has 0 bridgehead atoms. The molecule has 4 nitrogen and oxygen atoms in total. The monoisotopic (exact) mass is 237 g/mol. The van der Waals surface area contributed by atoms with Crippen molar-refractivity contribution in [1.82, 2.24) is 9.78 Å². The van der Waals surface area contributed by atoms with E-state index >= 15 is 0 Å². The molecule has 1 aromatic carbocycles. The molecule has 5 heteroatoms. The Morgan fingerprint density at radius 2 is 2.06 bits per heavy atom. The molecule has 84 valence electrons. The van der Waals surface area contributed by atoms with Crippen molar-refractivity contribution in [3.8, 4) is 11.4 Å². The molecule has 0 atom stereocenters. The number of hydrogen-bond acceptors (Lipinski definition) is 3. The van der Waals surface area contributed by atoms with E-state index in [-0.39, 0.29) is 0 Å². The highest BCUT2D eigenvalue weighted by Crippen LogP contribution is 2.21. The Morgan fingerprint density at radius 3 is 2.56 bits per heavy atom. The van der Waals surface area contributed by atoms with Crippen LogP contribution in [0.25, 0.3) is 5.69 Å². The van der Waals surface area contributed by atoms with Crippen LogP contribution in [0.5, 0.6) is 5.75 Å². The van der Waals surface area contributed by atoms with Gasteiger partial charge in [0.1, 0.15) is 10.9 Å². The number of aromatic nitrogens is 2. The topological polar surface area (TPSA) is 53.1 Å². The van der Waals surface area contributed by atoms with E-state index in [4.69, 9.17) is 22.1 Å². The van der Waals surface area contributed by atoms with Crippen molar-refractivity contribution < 1.29 is 4.74 Å². The standard InChI is InChI=1S/C11H12ClN3O/c1-16-10-4-2-9(3-5-10)15-11(12)8(6-13)7-14-15/h2-5,7H,6,13H2,1H3. The number of hydrogen-bond donors (Lipinski definition) is 1. The van der Waals surface area contributed by atoms with E-state index in [9.17, 15) is 0 Å². The third-order valence-corrected chi connectivity index (χ3v) is 2.72. The van der Waals surface area contributed by atoms with E-state index < -0.39 is 0 Å². The maximum absolute atomic E-state index is 6.12. The molecule has 0 radical (unpaired) electrons. The third kappa shape index (κ3) is 1.89. The third-order valence-electron chi connectivity index (χ3n) is 2.32. The summed E-state index contributed by atoms with van der Waals surface area (Å²) in [6.07, 6.45) is 1.67. The molecule has 0 aliphatic carbocycles. The largest absolute Gasteiger partial charge is 0.497 e. The second-order valence-corrected chi connectivity index (χ2v) is 3.63. The minimum Gasteiger partial charge on any atom is -0.497 e. The zero-order valence-corrected chi connectivity index (χ0v) is 9.61. The predicted molar refractivity (Wildman–Crippen MR) is 63.0 cm³/mol. The predicted octanol–water partition coefficient (Wildman–Crippen LogP) is 1.99. The average molecular weight is 238 g/mol. The van der Waals surface area contributed by atoms with E-state index in [1.54, 1.807) is 18.0 Å². The van der Waals surface area contributed by atoms with Crippen LogP contribution in [0.1, 0.15) is 5.56 Å². The fourth-order valence-electron chi connectivity index (χ4n) is 1.41. The second-order valence-electron chi connectivity index (χ2n) is 3.27. The first-order valence-electron chi connectivity index (χ1n) is 4.83. The van der Waals surface area contributed by atoms with Gasteiger partial charge in [-0.3, -0.25) is 0 Å². The van der Waals surface area contributed by atoms with Gasteiger partial charge in [0.2, 0.25) is 0 Å². The van der Waals surface area contributed by atoms with Gasteiger partial charge in [0.15, 0.2) is 0 Å². The fraction of sp³-hybridized carbons (Fsp3) is 0.182. The Morgan fingerprint density at radius 1 is 1.38 bits per heavy atom. The summed E-state index contributed by atoms with van der Waals surface area (Å²) in [5.41, 5.74) is 7.24. The molecule has 0 aliphatic heterocycles. The fourth-order valence-corrected chi connectivity index (χ4v) is 1.67. The Balaban J connectivity index is 2.38. The van der Waals surface area contributed by atoms with Crippen molar-refractivity contribution in [2.45, 2.75) is 6.54 Å². The smallest absolute Gasteiger partial charge is 0.137 e. The van der Waals surface area contributed by atoms with E-state index in [0.29, 0.717) is 11.7 Å². The Bertz CT molecular complexity index is 478. The first-order chi connectivity index (χ1) is 7.76. The quantitative estimate of drug-likeness (QED) is 0.888. The molecule has 2 aromatic rings. The van der Waals surface area contributed by atoms with E-state index in [0.717, 1.165) is 17.0 Å². The molecule has 2 N–H and O–H groups in total. The molecule has 0 aliphatic rings. The van der Waals surface area contributed by atoms with Gasteiger partial charge in [-0.15, -0.1) is 0 Å². The Kier molecular flexibility index (Phi) is 3.12. The molecule has 1 heterocycles. The summed E-state index contributed by atoms with van der Waals surface area (Å²) in [7, 11) is 1.63. The highest BCUT2D eigenvalue weighted by molar-refractivity contribution is 6.30. The van der Waals surface area contributed by atoms with Gasteiger partial charge < -0.3 is 10.5 Å². The molecule has 0 spiro atoms. The van der Waals surface area contributed by atoms with Crippen molar-refractivity contribution in [2.24, 2.45) is 5.73 Å². The van der Waals surface area contributed by atoms with Gasteiger partial charge in [0.25, 0.3) is 0 Å².